The van der Waals surface area contributed by atoms with Crippen LogP contribution in [0.15, 0.2) is 41.6 Å². The molecule has 0 atom stereocenters. The lowest BCUT2D eigenvalue weighted by atomic mass is 10.3. The van der Waals surface area contributed by atoms with Gasteiger partial charge in [0.2, 0.25) is 0 Å². The Morgan fingerprint density at radius 3 is 2.38 bits per heavy atom. The van der Waals surface area contributed by atoms with Crippen LogP contribution in [-0.4, -0.2) is 24.5 Å². The van der Waals surface area contributed by atoms with Gasteiger partial charge in [-0.1, -0.05) is 29.3 Å². The van der Waals surface area contributed by atoms with E-state index in [9.17, 15) is 13.2 Å². The highest BCUT2D eigenvalue weighted by molar-refractivity contribution is 7.93. The number of aromatic nitrogens is 1. The van der Waals surface area contributed by atoms with E-state index in [-0.39, 0.29) is 26.2 Å². The summed E-state index contributed by atoms with van der Waals surface area (Å²) in [6, 6.07) is 5.41. The summed E-state index contributed by atoms with van der Waals surface area (Å²) in [5.41, 5.74) is -0.161. The van der Waals surface area contributed by atoms with Gasteiger partial charge in [-0.2, -0.15) is 0 Å². The van der Waals surface area contributed by atoms with E-state index in [1.54, 1.807) is 0 Å². The Kier molecular flexibility index (Phi) is 4.36. The molecule has 0 spiro atoms. The number of carboxylic acid groups (broad SMARTS) is 1. The summed E-state index contributed by atoms with van der Waals surface area (Å²) in [5, 5.41) is 8.77. The highest BCUT2D eigenvalue weighted by Gasteiger charge is 2.22. The minimum absolute atomic E-state index is 0.00844. The van der Waals surface area contributed by atoms with Crippen molar-refractivity contribution >= 4 is 44.9 Å². The van der Waals surface area contributed by atoms with Crippen LogP contribution in [0.5, 0.6) is 0 Å². The fourth-order valence-electron chi connectivity index (χ4n) is 1.56. The van der Waals surface area contributed by atoms with Crippen LogP contribution < -0.4 is 4.72 Å². The number of nitrogens with zero attached hydrogens (tertiary/aromatic N) is 1. The van der Waals surface area contributed by atoms with Gasteiger partial charge in [0, 0.05) is 6.20 Å². The molecule has 1 heterocycles. The molecular formula is C12H8Cl2N2O4S. The average molecular weight is 347 g/mol. The van der Waals surface area contributed by atoms with E-state index in [1.165, 1.54) is 24.4 Å². The Morgan fingerprint density at radius 1 is 1.19 bits per heavy atom. The number of benzene rings is 1. The number of aromatic carboxylic acids is 1. The van der Waals surface area contributed by atoms with Gasteiger partial charge >= 0.3 is 5.97 Å². The topological polar surface area (TPSA) is 96.4 Å². The van der Waals surface area contributed by atoms with Crippen molar-refractivity contribution < 1.29 is 18.3 Å². The molecule has 0 fully saturated rings. The van der Waals surface area contributed by atoms with Crippen molar-refractivity contribution in [2.75, 3.05) is 4.72 Å². The van der Waals surface area contributed by atoms with Crippen molar-refractivity contribution in [3.8, 4) is 0 Å². The van der Waals surface area contributed by atoms with Crippen LogP contribution >= 0.6 is 23.2 Å². The molecule has 0 bridgehead atoms. The van der Waals surface area contributed by atoms with Gasteiger partial charge in [-0.25, -0.2) is 13.2 Å². The predicted octanol–water partition coefficient (Wildman–Crippen LogP) is 2.89. The van der Waals surface area contributed by atoms with E-state index in [0.717, 1.165) is 12.3 Å². The number of pyridine rings is 1. The molecule has 0 aliphatic carbocycles. The molecular weight excluding hydrogens is 339 g/mol. The first kappa shape index (κ1) is 15.6. The van der Waals surface area contributed by atoms with E-state index < -0.39 is 16.0 Å². The second kappa shape index (κ2) is 5.88. The Balaban J connectivity index is 2.43. The van der Waals surface area contributed by atoms with Gasteiger partial charge in [0.25, 0.3) is 10.0 Å². The Morgan fingerprint density at radius 2 is 1.81 bits per heavy atom. The maximum Gasteiger partial charge on any atom is 0.337 e. The van der Waals surface area contributed by atoms with Crippen LogP contribution in [0.1, 0.15) is 10.4 Å². The number of carboxylic acids is 1. The van der Waals surface area contributed by atoms with E-state index in [0.29, 0.717) is 0 Å². The molecule has 0 amide bonds. The van der Waals surface area contributed by atoms with Gasteiger partial charge < -0.3 is 5.11 Å². The van der Waals surface area contributed by atoms with Gasteiger partial charge in [-0.05, 0) is 18.2 Å². The van der Waals surface area contributed by atoms with E-state index in [1.807, 2.05) is 0 Å². The number of hydrogen-bond acceptors (Lipinski definition) is 4. The maximum atomic E-state index is 12.3. The van der Waals surface area contributed by atoms with Crippen molar-refractivity contribution in [3.63, 3.8) is 0 Å². The summed E-state index contributed by atoms with van der Waals surface area (Å²) < 4.78 is 26.7. The number of halogens is 2. The standard InChI is InChI=1S/C12H8Cl2N2O4S/c13-9-2-1-3-10(14)11(9)21(19,20)16-8-4-7(12(17)18)5-15-6-8/h1-6,16H,(H,17,18). The molecule has 0 saturated carbocycles. The molecule has 2 aromatic rings. The number of carbonyl (C=O) groups is 1. The Hall–Kier alpha value is -1.83. The second-order valence-corrected chi connectivity index (χ2v) is 6.36. The zero-order valence-electron chi connectivity index (χ0n) is 10.2. The molecule has 1 aromatic carbocycles. The minimum Gasteiger partial charge on any atom is -0.478 e. The van der Waals surface area contributed by atoms with Gasteiger partial charge in [0.05, 0.1) is 27.5 Å². The smallest absolute Gasteiger partial charge is 0.337 e. The SMILES string of the molecule is O=C(O)c1cncc(NS(=O)(=O)c2c(Cl)cccc2Cl)c1. The van der Waals surface area contributed by atoms with Gasteiger partial charge in [0.15, 0.2) is 0 Å². The van der Waals surface area contributed by atoms with E-state index >= 15 is 0 Å². The molecule has 0 aliphatic heterocycles. The van der Waals surface area contributed by atoms with Crippen molar-refractivity contribution in [1.29, 1.82) is 0 Å². The summed E-state index contributed by atoms with van der Waals surface area (Å²) in [6.07, 6.45) is 2.28. The highest BCUT2D eigenvalue weighted by atomic mass is 35.5. The molecule has 2 rings (SSSR count). The normalized spacial score (nSPS) is 11.1. The Labute approximate surface area is 130 Å². The molecule has 0 unspecified atom stereocenters. The molecule has 110 valence electrons. The number of rotatable bonds is 4. The van der Waals surface area contributed by atoms with Crippen LogP contribution in [-0.2, 0) is 10.0 Å². The van der Waals surface area contributed by atoms with Crippen LogP contribution in [0.2, 0.25) is 10.0 Å². The first-order chi connectivity index (χ1) is 9.81. The van der Waals surface area contributed by atoms with Gasteiger partial charge in [-0.15, -0.1) is 0 Å². The summed E-state index contributed by atoms with van der Waals surface area (Å²) in [6.45, 7) is 0. The van der Waals surface area contributed by atoms with Crippen molar-refractivity contribution in [2.45, 2.75) is 4.90 Å². The van der Waals surface area contributed by atoms with Crippen LogP contribution in [0.4, 0.5) is 5.69 Å². The first-order valence-corrected chi connectivity index (χ1v) is 7.70. The second-order valence-electron chi connectivity index (χ2n) is 3.92. The van der Waals surface area contributed by atoms with E-state index in [2.05, 4.69) is 9.71 Å². The molecule has 0 radical (unpaired) electrons. The lowest BCUT2D eigenvalue weighted by Crippen LogP contribution is -2.14. The van der Waals surface area contributed by atoms with Crippen molar-refractivity contribution in [1.82, 2.24) is 4.98 Å². The summed E-state index contributed by atoms with van der Waals surface area (Å²) in [4.78, 5) is 14.2. The third-order valence-corrected chi connectivity index (χ3v) is 4.76. The summed E-state index contributed by atoms with van der Waals surface area (Å²) in [5.74, 6) is -1.22. The van der Waals surface area contributed by atoms with Gasteiger partial charge in [0.1, 0.15) is 4.90 Å². The molecule has 2 N–H and O–H groups in total. The molecule has 1 aromatic heterocycles. The molecule has 0 aliphatic rings. The van der Waals surface area contributed by atoms with E-state index in [4.69, 9.17) is 28.3 Å². The first-order valence-electron chi connectivity index (χ1n) is 5.46. The minimum atomic E-state index is -4.06. The van der Waals surface area contributed by atoms with Crippen LogP contribution in [0.3, 0.4) is 0 Å². The van der Waals surface area contributed by atoms with Crippen molar-refractivity contribution in [3.05, 3.63) is 52.3 Å². The highest BCUT2D eigenvalue weighted by Crippen LogP contribution is 2.30. The monoisotopic (exact) mass is 346 g/mol. The Bertz CT molecular complexity index is 788. The zero-order valence-corrected chi connectivity index (χ0v) is 12.6. The quantitative estimate of drug-likeness (QED) is 0.887. The number of anilines is 1. The third-order valence-electron chi connectivity index (χ3n) is 2.43. The number of hydrogen-bond donors (Lipinski definition) is 2. The molecule has 9 heteroatoms. The van der Waals surface area contributed by atoms with Crippen LogP contribution in [0, 0.1) is 0 Å². The average Bonchev–Trinajstić information content (AvgIpc) is 2.37. The maximum absolute atomic E-state index is 12.3. The fraction of sp³-hybridized carbons (Fsp3) is 0. The molecule has 21 heavy (non-hydrogen) atoms. The van der Waals surface area contributed by atoms with Crippen molar-refractivity contribution in [2.24, 2.45) is 0 Å². The third kappa shape index (κ3) is 3.44. The number of nitrogens with one attached hydrogen (secondary N) is 1. The van der Waals surface area contributed by atoms with Gasteiger partial charge in [-0.3, -0.25) is 9.71 Å². The molecule has 6 nitrogen and oxygen atoms in total. The van der Waals surface area contributed by atoms with Crippen LogP contribution in [0.25, 0.3) is 0 Å². The zero-order chi connectivity index (χ0) is 15.6. The summed E-state index contributed by atoms with van der Waals surface area (Å²) >= 11 is 11.7. The largest absolute Gasteiger partial charge is 0.478 e. The molecule has 0 saturated heterocycles. The lowest BCUT2D eigenvalue weighted by molar-refractivity contribution is 0.0696. The predicted molar refractivity (Wildman–Crippen MR) is 78.5 cm³/mol. The fourth-order valence-corrected chi connectivity index (χ4v) is 3.74. The number of sulfonamides is 1. The summed E-state index contributed by atoms with van der Waals surface area (Å²) in [7, 11) is -4.06. The lowest BCUT2D eigenvalue weighted by Gasteiger charge is -2.10.